The van der Waals surface area contributed by atoms with Crippen molar-refractivity contribution in [1.82, 2.24) is 0 Å². The molecule has 1 amide bonds. The Labute approximate surface area is 115 Å². The molecule has 0 aliphatic carbocycles. The second kappa shape index (κ2) is 5.28. The fraction of sp³-hybridized carbons (Fsp3) is 0.385. The first kappa shape index (κ1) is 14.0. The van der Waals surface area contributed by atoms with E-state index in [1.165, 1.54) is 18.1 Å². The molecule has 0 radical (unpaired) electrons. The number of ether oxygens (including phenoxy) is 1. The smallest absolute Gasteiger partial charge is 0.311 e. The van der Waals surface area contributed by atoms with Crippen molar-refractivity contribution < 1.29 is 19.2 Å². The lowest BCUT2D eigenvalue weighted by molar-refractivity contribution is -0.385. The van der Waals surface area contributed by atoms with Crippen LogP contribution in [0.25, 0.3) is 0 Å². The van der Waals surface area contributed by atoms with Gasteiger partial charge >= 0.3 is 5.97 Å². The molecule has 0 spiro atoms. The van der Waals surface area contributed by atoms with E-state index in [2.05, 4.69) is 4.74 Å². The van der Waals surface area contributed by atoms with Gasteiger partial charge < -0.3 is 9.64 Å². The van der Waals surface area contributed by atoms with Crippen LogP contribution in [-0.4, -0.2) is 30.5 Å². The SMILES string of the molecule is COC(=O)[C@@H]1CC(=O)N(c2ccc(C)c([N+](=O)[O-])c2)C1. The average Bonchev–Trinajstić information content (AvgIpc) is 2.80. The number of benzene rings is 1. The van der Waals surface area contributed by atoms with Crippen LogP contribution in [0.5, 0.6) is 0 Å². The number of esters is 1. The summed E-state index contributed by atoms with van der Waals surface area (Å²) in [7, 11) is 1.27. The molecule has 1 aliphatic rings. The standard InChI is InChI=1S/C13H14N2O5/c1-8-3-4-10(6-11(8)15(18)19)14-7-9(5-12(14)16)13(17)20-2/h3-4,6,9H,5,7H2,1-2H3/t9-/m1/s1. The van der Waals surface area contributed by atoms with Crippen molar-refractivity contribution in [3.63, 3.8) is 0 Å². The number of nitro groups is 1. The molecular weight excluding hydrogens is 264 g/mol. The monoisotopic (exact) mass is 278 g/mol. The topological polar surface area (TPSA) is 89.8 Å². The molecular formula is C13H14N2O5. The van der Waals surface area contributed by atoms with Gasteiger partial charge in [0.2, 0.25) is 5.91 Å². The summed E-state index contributed by atoms with van der Waals surface area (Å²) in [6.45, 7) is 1.82. The fourth-order valence-electron chi connectivity index (χ4n) is 2.24. The summed E-state index contributed by atoms with van der Waals surface area (Å²) in [5.74, 6) is -1.20. The third-order valence-corrected chi connectivity index (χ3v) is 3.36. The molecule has 1 aromatic rings. The molecule has 0 saturated carbocycles. The van der Waals surface area contributed by atoms with Gasteiger partial charge in [-0.05, 0) is 13.0 Å². The summed E-state index contributed by atoms with van der Waals surface area (Å²) in [5, 5.41) is 10.9. The number of methoxy groups -OCH3 is 1. The van der Waals surface area contributed by atoms with Crippen LogP contribution < -0.4 is 4.90 Å². The molecule has 2 rings (SSSR count). The number of anilines is 1. The summed E-state index contributed by atoms with van der Waals surface area (Å²) >= 11 is 0. The lowest BCUT2D eigenvalue weighted by Crippen LogP contribution is -2.26. The predicted octanol–water partition coefficient (Wildman–Crippen LogP) is 1.43. The predicted molar refractivity (Wildman–Crippen MR) is 70.3 cm³/mol. The number of nitro benzene ring substituents is 1. The summed E-state index contributed by atoms with van der Waals surface area (Å²) in [6, 6.07) is 4.58. The lowest BCUT2D eigenvalue weighted by atomic mass is 10.1. The van der Waals surface area contributed by atoms with Crippen molar-refractivity contribution in [2.24, 2.45) is 5.92 Å². The molecule has 7 nitrogen and oxygen atoms in total. The van der Waals surface area contributed by atoms with Crippen LogP contribution >= 0.6 is 0 Å². The normalized spacial score (nSPS) is 18.2. The molecule has 20 heavy (non-hydrogen) atoms. The first-order chi connectivity index (χ1) is 9.43. The van der Waals surface area contributed by atoms with E-state index in [-0.39, 0.29) is 24.6 Å². The van der Waals surface area contributed by atoms with Crippen LogP contribution in [0.15, 0.2) is 18.2 Å². The molecule has 1 saturated heterocycles. The second-order valence-corrected chi connectivity index (χ2v) is 4.66. The second-order valence-electron chi connectivity index (χ2n) is 4.66. The number of nitrogens with zero attached hydrogens (tertiary/aromatic N) is 2. The molecule has 0 unspecified atom stereocenters. The number of carbonyl (C=O) groups excluding carboxylic acids is 2. The van der Waals surface area contributed by atoms with Gasteiger partial charge in [0.25, 0.3) is 5.69 Å². The number of amides is 1. The van der Waals surface area contributed by atoms with Gasteiger partial charge in [-0.25, -0.2) is 0 Å². The Morgan fingerprint density at radius 2 is 2.20 bits per heavy atom. The van der Waals surface area contributed by atoms with Gasteiger partial charge in [-0.2, -0.15) is 0 Å². The van der Waals surface area contributed by atoms with E-state index >= 15 is 0 Å². The Morgan fingerprint density at radius 3 is 2.80 bits per heavy atom. The zero-order valence-corrected chi connectivity index (χ0v) is 11.2. The highest BCUT2D eigenvalue weighted by Gasteiger charge is 2.36. The number of hydrogen-bond acceptors (Lipinski definition) is 5. The van der Waals surface area contributed by atoms with Crippen molar-refractivity contribution in [2.75, 3.05) is 18.6 Å². The summed E-state index contributed by atoms with van der Waals surface area (Å²) in [5.41, 5.74) is 0.908. The minimum atomic E-state index is -0.521. The van der Waals surface area contributed by atoms with E-state index in [0.717, 1.165) is 0 Å². The Morgan fingerprint density at radius 1 is 1.50 bits per heavy atom. The molecule has 0 N–H and O–H groups in total. The summed E-state index contributed by atoms with van der Waals surface area (Å²) < 4.78 is 4.62. The van der Waals surface area contributed by atoms with Gasteiger partial charge in [0.1, 0.15) is 0 Å². The lowest BCUT2D eigenvalue weighted by Gasteiger charge is -2.16. The minimum Gasteiger partial charge on any atom is -0.469 e. The van der Waals surface area contributed by atoms with Crippen LogP contribution in [0.4, 0.5) is 11.4 Å². The molecule has 0 aromatic heterocycles. The Hall–Kier alpha value is -2.44. The van der Waals surface area contributed by atoms with E-state index < -0.39 is 16.8 Å². The van der Waals surface area contributed by atoms with Gasteiger partial charge in [0, 0.05) is 24.6 Å². The van der Waals surface area contributed by atoms with Gasteiger partial charge in [-0.1, -0.05) is 6.07 Å². The van der Waals surface area contributed by atoms with Crippen LogP contribution in [0.3, 0.4) is 0 Å². The van der Waals surface area contributed by atoms with Gasteiger partial charge in [-0.3, -0.25) is 19.7 Å². The number of hydrogen-bond donors (Lipinski definition) is 0. The summed E-state index contributed by atoms with van der Waals surface area (Å²) in [6.07, 6.45) is 0.0638. The molecule has 1 aromatic carbocycles. The van der Waals surface area contributed by atoms with E-state index in [1.807, 2.05) is 0 Å². The van der Waals surface area contributed by atoms with Gasteiger partial charge in [0.15, 0.2) is 0 Å². The van der Waals surface area contributed by atoms with Gasteiger partial charge in [0.05, 0.1) is 23.6 Å². The summed E-state index contributed by atoms with van der Waals surface area (Å²) in [4.78, 5) is 35.2. The fourth-order valence-corrected chi connectivity index (χ4v) is 2.24. The van der Waals surface area contributed by atoms with Crippen molar-refractivity contribution in [2.45, 2.75) is 13.3 Å². The Balaban J connectivity index is 2.28. The van der Waals surface area contributed by atoms with Crippen molar-refractivity contribution in [3.05, 3.63) is 33.9 Å². The molecule has 106 valence electrons. The maximum absolute atomic E-state index is 11.9. The maximum Gasteiger partial charge on any atom is 0.311 e. The first-order valence-electron chi connectivity index (χ1n) is 6.07. The molecule has 0 bridgehead atoms. The number of carbonyl (C=O) groups is 2. The Bertz CT molecular complexity index is 584. The largest absolute Gasteiger partial charge is 0.469 e. The highest BCUT2D eigenvalue weighted by molar-refractivity contribution is 5.99. The van der Waals surface area contributed by atoms with Crippen LogP contribution in [0, 0.1) is 23.0 Å². The highest BCUT2D eigenvalue weighted by Crippen LogP contribution is 2.30. The van der Waals surface area contributed by atoms with E-state index in [1.54, 1.807) is 19.1 Å². The zero-order chi connectivity index (χ0) is 14.9. The van der Waals surface area contributed by atoms with Crippen LogP contribution in [0.2, 0.25) is 0 Å². The minimum absolute atomic E-state index is 0.0446. The third kappa shape index (κ3) is 2.47. The zero-order valence-electron chi connectivity index (χ0n) is 11.2. The van der Waals surface area contributed by atoms with E-state index in [9.17, 15) is 19.7 Å². The number of aryl methyl sites for hydroxylation is 1. The molecule has 1 atom stereocenters. The Kier molecular flexibility index (Phi) is 3.69. The van der Waals surface area contributed by atoms with Crippen molar-refractivity contribution in [3.8, 4) is 0 Å². The molecule has 1 fully saturated rings. The number of rotatable bonds is 3. The van der Waals surface area contributed by atoms with E-state index in [0.29, 0.717) is 11.3 Å². The van der Waals surface area contributed by atoms with E-state index in [4.69, 9.17) is 0 Å². The highest BCUT2D eigenvalue weighted by atomic mass is 16.6. The van der Waals surface area contributed by atoms with Crippen molar-refractivity contribution >= 4 is 23.3 Å². The van der Waals surface area contributed by atoms with Gasteiger partial charge in [-0.15, -0.1) is 0 Å². The maximum atomic E-state index is 11.9. The third-order valence-electron chi connectivity index (χ3n) is 3.36. The van der Waals surface area contributed by atoms with Crippen molar-refractivity contribution in [1.29, 1.82) is 0 Å². The first-order valence-corrected chi connectivity index (χ1v) is 6.07. The molecule has 7 heteroatoms. The van der Waals surface area contributed by atoms with Crippen LogP contribution in [0.1, 0.15) is 12.0 Å². The quantitative estimate of drug-likeness (QED) is 0.474. The van der Waals surface area contributed by atoms with Crippen LogP contribution in [-0.2, 0) is 14.3 Å². The average molecular weight is 278 g/mol. The molecule has 1 heterocycles. The molecule has 1 aliphatic heterocycles.